The van der Waals surface area contributed by atoms with Gasteiger partial charge in [-0.1, -0.05) is 23.7 Å². The lowest BCUT2D eigenvalue weighted by atomic mass is 10.1. The molecule has 1 atom stereocenters. The molecular formula is C11H10BrClN2S. The summed E-state index contributed by atoms with van der Waals surface area (Å²) in [6, 6.07) is 9.74. The van der Waals surface area contributed by atoms with Crippen LogP contribution >= 0.6 is 38.9 Å². The third-order valence-electron chi connectivity index (χ3n) is 2.24. The van der Waals surface area contributed by atoms with Crippen LogP contribution in [0.3, 0.4) is 0 Å². The molecule has 0 aliphatic heterocycles. The van der Waals surface area contributed by atoms with E-state index < -0.39 is 0 Å². The Morgan fingerprint density at radius 2 is 2.00 bits per heavy atom. The number of hydrogen-bond donors (Lipinski definition) is 2. The summed E-state index contributed by atoms with van der Waals surface area (Å²) in [5.74, 6) is 5.59. The fraction of sp³-hybridized carbons (Fsp3) is 0.0909. The molecule has 16 heavy (non-hydrogen) atoms. The average molecular weight is 318 g/mol. The summed E-state index contributed by atoms with van der Waals surface area (Å²) < 4.78 is 1.07. The lowest BCUT2D eigenvalue weighted by Crippen LogP contribution is -2.28. The van der Waals surface area contributed by atoms with E-state index in [2.05, 4.69) is 27.4 Å². The highest BCUT2D eigenvalue weighted by Gasteiger charge is 2.13. The summed E-state index contributed by atoms with van der Waals surface area (Å²) in [7, 11) is 0. The predicted molar refractivity (Wildman–Crippen MR) is 72.6 cm³/mol. The molecule has 1 aromatic carbocycles. The Bertz CT molecular complexity index is 469. The molecule has 2 rings (SSSR count). The minimum atomic E-state index is 0.00793. The average Bonchev–Trinajstić information content (AvgIpc) is 2.69. The number of halogens is 2. The normalized spacial score (nSPS) is 12.7. The van der Waals surface area contributed by atoms with Crippen LogP contribution in [0.1, 0.15) is 16.5 Å². The molecule has 0 saturated heterocycles. The molecule has 2 nitrogen and oxygen atoms in total. The topological polar surface area (TPSA) is 38.0 Å². The Balaban J connectivity index is 2.32. The van der Waals surface area contributed by atoms with Gasteiger partial charge in [0.1, 0.15) is 0 Å². The zero-order chi connectivity index (χ0) is 11.5. The van der Waals surface area contributed by atoms with Gasteiger partial charge in [0.2, 0.25) is 0 Å². The molecule has 1 unspecified atom stereocenters. The molecule has 5 heteroatoms. The second kappa shape index (κ2) is 5.29. The zero-order valence-corrected chi connectivity index (χ0v) is 11.4. The molecule has 0 aliphatic carbocycles. The smallest absolute Gasteiger partial charge is 0.0802 e. The van der Waals surface area contributed by atoms with Gasteiger partial charge in [-0.15, -0.1) is 11.3 Å². The first-order chi connectivity index (χ1) is 7.70. The lowest BCUT2D eigenvalue weighted by Gasteiger charge is -2.14. The van der Waals surface area contributed by atoms with Crippen LogP contribution in [0.15, 0.2) is 40.2 Å². The van der Waals surface area contributed by atoms with E-state index in [1.54, 1.807) is 11.3 Å². The van der Waals surface area contributed by atoms with Crippen molar-refractivity contribution in [2.45, 2.75) is 6.04 Å². The van der Waals surface area contributed by atoms with Gasteiger partial charge < -0.3 is 0 Å². The molecule has 0 radical (unpaired) electrons. The first-order valence-corrected chi connectivity index (χ1v) is 6.71. The highest BCUT2D eigenvalue weighted by molar-refractivity contribution is 9.10. The van der Waals surface area contributed by atoms with E-state index in [0.29, 0.717) is 0 Å². The zero-order valence-electron chi connectivity index (χ0n) is 8.28. The van der Waals surface area contributed by atoms with Gasteiger partial charge >= 0.3 is 0 Å². The fourth-order valence-electron chi connectivity index (χ4n) is 1.48. The molecule has 2 aromatic rings. The minimum Gasteiger partial charge on any atom is -0.271 e. The maximum Gasteiger partial charge on any atom is 0.0802 e. The van der Waals surface area contributed by atoms with Crippen LogP contribution in [0.25, 0.3) is 0 Å². The van der Waals surface area contributed by atoms with Gasteiger partial charge in [0.05, 0.1) is 6.04 Å². The number of hydrogen-bond acceptors (Lipinski definition) is 3. The number of hydrazine groups is 1. The SMILES string of the molecule is NNC(c1ccc(Cl)cc1)c1cc(Br)cs1. The van der Waals surface area contributed by atoms with Gasteiger partial charge in [0, 0.05) is 19.8 Å². The van der Waals surface area contributed by atoms with Crippen LogP contribution in [-0.4, -0.2) is 0 Å². The first-order valence-electron chi connectivity index (χ1n) is 4.66. The summed E-state index contributed by atoms with van der Waals surface area (Å²) in [5, 5.41) is 2.77. The van der Waals surface area contributed by atoms with Crippen LogP contribution in [0, 0.1) is 0 Å². The Labute approximate surface area is 112 Å². The minimum absolute atomic E-state index is 0.00793. The Morgan fingerprint density at radius 1 is 1.31 bits per heavy atom. The van der Waals surface area contributed by atoms with E-state index >= 15 is 0 Å². The third-order valence-corrected chi connectivity index (χ3v) is 4.25. The monoisotopic (exact) mass is 316 g/mol. The second-order valence-electron chi connectivity index (χ2n) is 3.32. The van der Waals surface area contributed by atoms with Gasteiger partial charge in [-0.3, -0.25) is 5.84 Å². The van der Waals surface area contributed by atoms with E-state index in [-0.39, 0.29) is 6.04 Å². The van der Waals surface area contributed by atoms with E-state index in [0.717, 1.165) is 19.9 Å². The number of rotatable bonds is 3. The predicted octanol–water partition coefficient (Wildman–Crippen LogP) is 3.72. The van der Waals surface area contributed by atoms with Crippen LogP contribution < -0.4 is 11.3 Å². The molecule has 0 fully saturated rings. The molecule has 1 aromatic heterocycles. The van der Waals surface area contributed by atoms with Crippen molar-refractivity contribution in [3.63, 3.8) is 0 Å². The second-order valence-corrected chi connectivity index (χ2v) is 5.61. The highest BCUT2D eigenvalue weighted by atomic mass is 79.9. The largest absolute Gasteiger partial charge is 0.271 e. The third kappa shape index (κ3) is 2.64. The van der Waals surface area contributed by atoms with E-state index in [1.807, 2.05) is 29.6 Å². The van der Waals surface area contributed by atoms with Crippen molar-refractivity contribution in [3.05, 3.63) is 55.6 Å². The van der Waals surface area contributed by atoms with Crippen molar-refractivity contribution in [2.24, 2.45) is 5.84 Å². The number of thiophene rings is 1. The van der Waals surface area contributed by atoms with Gasteiger partial charge in [0.25, 0.3) is 0 Å². The molecule has 0 aliphatic rings. The Hall–Kier alpha value is -0.390. The van der Waals surface area contributed by atoms with Crippen molar-refractivity contribution in [1.82, 2.24) is 5.43 Å². The summed E-state index contributed by atoms with van der Waals surface area (Å²) in [6.45, 7) is 0. The molecule has 84 valence electrons. The highest BCUT2D eigenvalue weighted by Crippen LogP contribution is 2.29. The molecule has 0 saturated carbocycles. The van der Waals surface area contributed by atoms with Crippen molar-refractivity contribution in [2.75, 3.05) is 0 Å². The quantitative estimate of drug-likeness (QED) is 0.669. The Kier molecular flexibility index (Phi) is 4.00. The summed E-state index contributed by atoms with van der Waals surface area (Å²) in [4.78, 5) is 1.16. The number of benzene rings is 1. The summed E-state index contributed by atoms with van der Waals surface area (Å²) in [5.41, 5.74) is 3.91. The van der Waals surface area contributed by atoms with Crippen molar-refractivity contribution in [3.8, 4) is 0 Å². The lowest BCUT2D eigenvalue weighted by molar-refractivity contribution is 0.646. The van der Waals surface area contributed by atoms with E-state index in [1.165, 1.54) is 0 Å². The van der Waals surface area contributed by atoms with Crippen LogP contribution in [0.4, 0.5) is 0 Å². The van der Waals surface area contributed by atoms with Crippen molar-refractivity contribution < 1.29 is 0 Å². The van der Waals surface area contributed by atoms with Gasteiger partial charge in [-0.2, -0.15) is 0 Å². The van der Waals surface area contributed by atoms with Gasteiger partial charge in [0.15, 0.2) is 0 Å². The maximum atomic E-state index is 5.85. The van der Waals surface area contributed by atoms with Crippen LogP contribution in [0.2, 0.25) is 5.02 Å². The standard InChI is InChI=1S/C11H10BrClN2S/c12-8-5-10(16-6-8)11(15-14)7-1-3-9(13)4-2-7/h1-6,11,15H,14H2. The Morgan fingerprint density at radius 3 is 2.50 bits per heavy atom. The molecule has 0 bridgehead atoms. The molecule has 0 amide bonds. The van der Waals surface area contributed by atoms with Crippen molar-refractivity contribution in [1.29, 1.82) is 0 Å². The molecule has 3 N–H and O–H groups in total. The van der Waals surface area contributed by atoms with E-state index in [9.17, 15) is 0 Å². The number of nitrogens with two attached hydrogens (primary N) is 1. The van der Waals surface area contributed by atoms with Crippen LogP contribution in [0.5, 0.6) is 0 Å². The summed E-state index contributed by atoms with van der Waals surface area (Å²) >= 11 is 10.9. The first kappa shape index (κ1) is 12.1. The summed E-state index contributed by atoms with van der Waals surface area (Å²) in [6.07, 6.45) is 0. The molecule has 1 heterocycles. The molecule has 0 spiro atoms. The molecular weight excluding hydrogens is 308 g/mol. The van der Waals surface area contributed by atoms with Gasteiger partial charge in [-0.25, -0.2) is 5.43 Å². The van der Waals surface area contributed by atoms with E-state index in [4.69, 9.17) is 17.4 Å². The van der Waals surface area contributed by atoms with Gasteiger partial charge in [-0.05, 0) is 39.7 Å². The number of nitrogens with one attached hydrogen (secondary N) is 1. The van der Waals surface area contributed by atoms with Crippen LogP contribution in [-0.2, 0) is 0 Å². The maximum absolute atomic E-state index is 5.85. The fourth-order valence-corrected chi connectivity index (χ4v) is 3.13. The van der Waals surface area contributed by atoms with Crippen molar-refractivity contribution >= 4 is 38.9 Å².